The summed E-state index contributed by atoms with van der Waals surface area (Å²) in [7, 11) is -16.6. The lowest BCUT2D eigenvalue weighted by Crippen LogP contribution is -2.39. The Balaban J connectivity index is 2.20. The van der Waals surface area contributed by atoms with E-state index in [1.165, 1.54) is 0 Å². The zero-order valence-corrected chi connectivity index (χ0v) is 39.6. The molecule has 0 aromatic heterocycles. The molecule has 0 saturated carbocycles. The Morgan fingerprint density at radius 3 is 0.948 bits per heavy atom. The van der Waals surface area contributed by atoms with Gasteiger partial charge in [0, 0.05) is 14.7 Å². The second kappa shape index (κ2) is 19.5. The van der Waals surface area contributed by atoms with Gasteiger partial charge in [-0.2, -0.15) is 8.42 Å². The average molecular weight is 901 g/mol. The first-order valence-electron chi connectivity index (χ1n) is 20.2. The number of benzene rings is 4. The van der Waals surface area contributed by atoms with Gasteiger partial charge in [0.15, 0.2) is 28.2 Å². The van der Waals surface area contributed by atoms with Crippen LogP contribution in [0.5, 0.6) is 17.2 Å². The summed E-state index contributed by atoms with van der Waals surface area (Å²) in [4.78, 5) is -1.40. The molecule has 320 valence electrons. The largest absolute Gasteiger partial charge is 0.543 e. The molecular weight excluding hydrogens is 844 g/mol. The first kappa shape index (κ1) is 47.5. The molecule has 4 aromatic carbocycles. The van der Waals surface area contributed by atoms with Crippen molar-refractivity contribution in [3.63, 3.8) is 0 Å². The van der Waals surface area contributed by atoms with Crippen molar-refractivity contribution in [2.75, 3.05) is 0 Å². The lowest BCUT2D eigenvalue weighted by atomic mass is 10.3. The predicted molar refractivity (Wildman–Crippen MR) is 230 cm³/mol. The maximum atomic E-state index is 15.6. The second-order valence-electron chi connectivity index (χ2n) is 14.4. The summed E-state index contributed by atoms with van der Waals surface area (Å²) in [5.41, 5.74) is 0. The van der Waals surface area contributed by atoms with E-state index < -0.39 is 79.4 Å². The van der Waals surface area contributed by atoms with Crippen LogP contribution in [0, 0.1) is 29.1 Å². The molecule has 0 aliphatic carbocycles. The third-order valence-electron chi connectivity index (χ3n) is 11.8. The summed E-state index contributed by atoms with van der Waals surface area (Å²) >= 11 is 0. The van der Waals surface area contributed by atoms with Crippen molar-refractivity contribution in [2.45, 2.75) is 136 Å². The minimum absolute atomic E-state index is 0.230. The van der Waals surface area contributed by atoms with Gasteiger partial charge in [0.25, 0.3) is 0 Å². The van der Waals surface area contributed by atoms with Crippen LogP contribution in [-0.4, -0.2) is 33.4 Å². The molecule has 0 saturated heterocycles. The Kier molecular flexibility index (Phi) is 16.0. The van der Waals surface area contributed by atoms with Crippen LogP contribution in [0.25, 0.3) is 0 Å². The zero-order valence-electron chi connectivity index (χ0n) is 34.9. The summed E-state index contributed by atoms with van der Waals surface area (Å²) in [5.74, 6) is -11.1. The zero-order chi connectivity index (χ0) is 43.1. The second-order valence-corrected chi connectivity index (χ2v) is 32.9. The number of hydrogen-bond acceptors (Lipinski definition) is 6. The van der Waals surface area contributed by atoms with Crippen molar-refractivity contribution >= 4 is 45.4 Å². The van der Waals surface area contributed by atoms with E-state index in [0.29, 0.717) is 17.2 Å². The molecule has 0 aliphatic rings. The highest BCUT2D eigenvalue weighted by atomic mass is 32.3. The first-order valence-corrected chi connectivity index (χ1v) is 30.7. The Morgan fingerprint density at radius 2 is 0.690 bits per heavy atom. The summed E-state index contributed by atoms with van der Waals surface area (Å²) in [6, 6.07) is 27.2. The standard InChI is InChI=1S/C42H57F5O6S2Si3/c1-10-56(11-2,12-3)50-31-22-19-25-34(28-31)54(35-26-20-23-32(29-35)51-57(13-4,14-5)15-6,36-27-21-24-33(30-36)52-58(16-7,17-8)18-9)53-55(48,49)42-40(46)38(44)37(43)39(45)41(42)47/h19-30H,10-18H2,1-9H3. The fraction of sp³-hybridized carbons (Fsp3) is 0.429. The lowest BCUT2D eigenvalue weighted by molar-refractivity contribution is 0.353. The molecule has 0 heterocycles. The molecule has 0 atom stereocenters. The molecule has 0 N–H and O–H groups in total. The highest BCUT2D eigenvalue weighted by Crippen LogP contribution is 2.71. The minimum atomic E-state index is -5.83. The van der Waals surface area contributed by atoms with E-state index >= 15 is 8.78 Å². The lowest BCUT2D eigenvalue weighted by Gasteiger charge is -2.40. The van der Waals surface area contributed by atoms with Gasteiger partial charge in [0.2, 0.25) is 30.8 Å². The van der Waals surface area contributed by atoms with Gasteiger partial charge in [-0.1, -0.05) is 80.5 Å². The predicted octanol–water partition coefficient (Wildman–Crippen LogP) is 14.1. The van der Waals surface area contributed by atoms with E-state index in [2.05, 4.69) is 62.3 Å². The van der Waals surface area contributed by atoms with Gasteiger partial charge < -0.3 is 13.3 Å². The monoisotopic (exact) mass is 900 g/mol. The molecule has 0 unspecified atom stereocenters. The van der Waals surface area contributed by atoms with E-state index in [4.69, 9.17) is 16.9 Å². The van der Waals surface area contributed by atoms with Gasteiger partial charge in [-0.05, 0) is 119 Å². The number of halogens is 5. The molecule has 58 heavy (non-hydrogen) atoms. The molecule has 4 aromatic rings. The third-order valence-corrected chi connectivity index (χ3v) is 30.6. The quantitative estimate of drug-likeness (QED) is 0.0359. The molecule has 0 bridgehead atoms. The number of rotatable bonds is 21. The van der Waals surface area contributed by atoms with Crippen molar-refractivity contribution in [1.82, 2.24) is 0 Å². The van der Waals surface area contributed by atoms with E-state index in [1.807, 2.05) is 0 Å². The Hall–Kier alpha value is -3.16. The smallest absolute Gasteiger partial charge is 0.313 e. The van der Waals surface area contributed by atoms with Crippen molar-refractivity contribution in [3.8, 4) is 17.2 Å². The van der Waals surface area contributed by atoms with Crippen LogP contribution in [0.1, 0.15) is 62.3 Å². The summed E-state index contributed by atoms with van der Waals surface area (Å²) in [6.07, 6.45) is 0. The van der Waals surface area contributed by atoms with Crippen LogP contribution < -0.4 is 13.3 Å². The topological polar surface area (TPSA) is 71.1 Å². The normalized spacial score (nSPS) is 13.1. The van der Waals surface area contributed by atoms with E-state index in [9.17, 15) is 21.6 Å². The number of hydrogen-bond donors (Lipinski definition) is 0. The van der Waals surface area contributed by atoms with Crippen molar-refractivity contribution < 1.29 is 47.3 Å². The van der Waals surface area contributed by atoms with Crippen molar-refractivity contribution in [2.24, 2.45) is 0 Å². The Labute approximate surface area is 346 Å². The summed E-state index contributed by atoms with van der Waals surface area (Å²) < 4.78 is 131. The summed E-state index contributed by atoms with van der Waals surface area (Å²) in [6.45, 7) is 18.6. The molecule has 0 spiro atoms. The van der Waals surface area contributed by atoms with Crippen molar-refractivity contribution in [1.29, 1.82) is 0 Å². The molecule has 0 radical (unpaired) electrons. The van der Waals surface area contributed by atoms with Gasteiger partial charge in [-0.15, -0.1) is 0 Å². The van der Waals surface area contributed by atoms with E-state index in [0.717, 1.165) is 54.4 Å². The van der Waals surface area contributed by atoms with Crippen LogP contribution in [0.15, 0.2) is 92.4 Å². The Morgan fingerprint density at radius 1 is 0.431 bits per heavy atom. The van der Waals surface area contributed by atoms with Crippen LogP contribution in [0.2, 0.25) is 54.4 Å². The van der Waals surface area contributed by atoms with Crippen molar-refractivity contribution in [3.05, 3.63) is 102 Å². The van der Waals surface area contributed by atoms with E-state index in [1.54, 1.807) is 72.8 Å². The van der Waals surface area contributed by atoms with Crippen LogP contribution in [0.4, 0.5) is 22.0 Å². The molecule has 0 fully saturated rings. The maximum absolute atomic E-state index is 15.6. The summed E-state index contributed by atoms with van der Waals surface area (Å²) in [5, 5.41) is 0. The highest BCUT2D eigenvalue weighted by molar-refractivity contribution is 8.33. The fourth-order valence-corrected chi connectivity index (χ4v) is 20.4. The van der Waals surface area contributed by atoms with Gasteiger partial charge >= 0.3 is 10.1 Å². The van der Waals surface area contributed by atoms with Gasteiger partial charge in [0.05, 0.1) is 0 Å². The van der Waals surface area contributed by atoms with E-state index in [-0.39, 0.29) is 14.7 Å². The molecule has 0 aliphatic heterocycles. The van der Waals surface area contributed by atoms with Crippen LogP contribution >= 0.6 is 10.3 Å². The van der Waals surface area contributed by atoms with Gasteiger partial charge in [-0.3, -0.25) is 0 Å². The highest BCUT2D eigenvalue weighted by Gasteiger charge is 2.44. The molecular formula is C42H57F5O6S2Si3. The molecule has 0 amide bonds. The minimum Gasteiger partial charge on any atom is -0.543 e. The first-order chi connectivity index (χ1) is 27.5. The van der Waals surface area contributed by atoms with Gasteiger partial charge in [0.1, 0.15) is 17.2 Å². The van der Waals surface area contributed by atoms with Crippen LogP contribution in [-0.2, 0) is 13.7 Å². The van der Waals surface area contributed by atoms with Crippen LogP contribution in [0.3, 0.4) is 0 Å². The molecule has 6 nitrogen and oxygen atoms in total. The third kappa shape index (κ3) is 9.41. The Bertz CT molecular complexity index is 1940. The average Bonchev–Trinajstić information content (AvgIpc) is 3.24. The maximum Gasteiger partial charge on any atom is 0.313 e. The SMILES string of the molecule is CC[Si](CC)(CC)Oc1cccc(S(OS(=O)(=O)c2c(F)c(F)c(F)c(F)c2F)(c2cccc(O[Si](CC)(CC)CC)c2)c2cccc(O[Si](CC)(CC)CC)c2)c1. The fourth-order valence-electron chi connectivity index (χ4n) is 7.30. The van der Waals surface area contributed by atoms with Gasteiger partial charge in [-0.25, -0.2) is 25.6 Å². The molecule has 16 heteroatoms. The molecule has 4 rings (SSSR count).